The van der Waals surface area contributed by atoms with E-state index in [1.807, 2.05) is 31.3 Å². The third kappa shape index (κ3) is 2.61. The first-order chi connectivity index (χ1) is 9.88. The molecule has 1 heterocycles. The topological polar surface area (TPSA) is 21.3 Å². The second kappa shape index (κ2) is 5.93. The monoisotopic (exact) mass is 265 g/mol. The summed E-state index contributed by atoms with van der Waals surface area (Å²) in [6, 6.07) is 16.5. The predicted octanol–water partition coefficient (Wildman–Crippen LogP) is 4.33. The van der Waals surface area contributed by atoms with E-state index in [1.165, 1.54) is 11.1 Å². The summed E-state index contributed by atoms with van der Waals surface area (Å²) < 4.78 is 6.07. The lowest BCUT2D eigenvalue weighted by atomic mass is 9.98. The molecule has 0 saturated carbocycles. The van der Waals surface area contributed by atoms with Crippen molar-refractivity contribution in [3.05, 3.63) is 59.7 Å². The van der Waals surface area contributed by atoms with Crippen LogP contribution < -0.4 is 10.1 Å². The number of fused-ring (bicyclic) bond motifs is 2. The molecule has 0 radical (unpaired) electrons. The fourth-order valence-electron chi connectivity index (χ4n) is 2.56. The van der Waals surface area contributed by atoms with Crippen molar-refractivity contribution in [2.45, 2.75) is 12.8 Å². The van der Waals surface area contributed by atoms with Gasteiger partial charge in [-0.3, -0.25) is 0 Å². The van der Waals surface area contributed by atoms with E-state index in [0.717, 1.165) is 36.4 Å². The highest BCUT2D eigenvalue weighted by molar-refractivity contribution is 5.87. The van der Waals surface area contributed by atoms with Gasteiger partial charge in [-0.05, 0) is 50.2 Å². The van der Waals surface area contributed by atoms with Gasteiger partial charge in [0.1, 0.15) is 11.5 Å². The molecule has 1 aliphatic rings. The summed E-state index contributed by atoms with van der Waals surface area (Å²) in [4.78, 5) is 0. The lowest BCUT2D eigenvalue weighted by Gasteiger charge is -2.10. The Balaban J connectivity index is 2.02. The molecular weight excluding hydrogens is 246 g/mol. The molecule has 20 heavy (non-hydrogen) atoms. The minimum Gasteiger partial charge on any atom is -0.456 e. The Bertz CT molecular complexity index is 631. The van der Waals surface area contributed by atoms with Gasteiger partial charge in [0, 0.05) is 11.1 Å². The van der Waals surface area contributed by atoms with Crippen LogP contribution >= 0.6 is 0 Å². The van der Waals surface area contributed by atoms with Gasteiger partial charge in [0.25, 0.3) is 0 Å². The van der Waals surface area contributed by atoms with E-state index >= 15 is 0 Å². The molecule has 1 N–H and O–H groups in total. The van der Waals surface area contributed by atoms with Crippen molar-refractivity contribution in [3.63, 3.8) is 0 Å². The molecule has 3 rings (SSSR count). The zero-order valence-corrected chi connectivity index (χ0v) is 11.7. The molecule has 0 spiro atoms. The van der Waals surface area contributed by atoms with Crippen LogP contribution in [0.15, 0.2) is 48.5 Å². The lowest BCUT2D eigenvalue weighted by Crippen LogP contribution is -2.07. The Kier molecular flexibility index (Phi) is 3.84. The standard InChI is InChI=1S/C18H19NO/c1-19-12-6-8-14-13-15-7-2-4-10-17(15)20-18-11-5-3-9-16(14)18/h2-5,7,9-11,13,19H,6,8,12H2,1H3. The van der Waals surface area contributed by atoms with Crippen LogP contribution in [0.2, 0.25) is 0 Å². The van der Waals surface area contributed by atoms with Crippen LogP contribution in [0, 0.1) is 0 Å². The number of nitrogens with one attached hydrogen (secondary N) is 1. The first-order valence-corrected chi connectivity index (χ1v) is 7.10. The molecule has 0 aliphatic carbocycles. The molecule has 0 saturated heterocycles. The number of para-hydroxylation sites is 2. The number of hydrogen-bond acceptors (Lipinski definition) is 2. The van der Waals surface area contributed by atoms with Crippen molar-refractivity contribution in [1.29, 1.82) is 0 Å². The fourth-order valence-corrected chi connectivity index (χ4v) is 2.56. The van der Waals surface area contributed by atoms with E-state index in [0.29, 0.717) is 0 Å². The molecule has 0 fully saturated rings. The molecule has 0 aromatic heterocycles. The summed E-state index contributed by atoms with van der Waals surface area (Å²) in [6.07, 6.45) is 4.44. The minimum absolute atomic E-state index is 0.934. The van der Waals surface area contributed by atoms with E-state index < -0.39 is 0 Å². The summed E-state index contributed by atoms with van der Waals surface area (Å²) in [6.45, 7) is 1.03. The van der Waals surface area contributed by atoms with Gasteiger partial charge in [0.05, 0.1) is 0 Å². The van der Waals surface area contributed by atoms with Crippen molar-refractivity contribution < 1.29 is 4.74 Å². The van der Waals surface area contributed by atoms with Crippen molar-refractivity contribution in [3.8, 4) is 11.5 Å². The molecular formula is C18H19NO. The fraction of sp³-hybridized carbons (Fsp3) is 0.222. The first kappa shape index (κ1) is 12.9. The van der Waals surface area contributed by atoms with E-state index in [-0.39, 0.29) is 0 Å². The van der Waals surface area contributed by atoms with Crippen molar-refractivity contribution in [2.75, 3.05) is 13.6 Å². The molecule has 2 nitrogen and oxygen atoms in total. The third-order valence-corrected chi connectivity index (χ3v) is 3.57. The first-order valence-electron chi connectivity index (χ1n) is 7.10. The molecule has 0 unspecified atom stereocenters. The van der Waals surface area contributed by atoms with Gasteiger partial charge in [-0.1, -0.05) is 36.4 Å². The normalized spacial score (nSPS) is 12.8. The average molecular weight is 265 g/mol. The zero-order chi connectivity index (χ0) is 13.8. The van der Waals surface area contributed by atoms with Crippen LogP contribution in [-0.2, 0) is 0 Å². The lowest BCUT2D eigenvalue weighted by molar-refractivity contribution is 0.481. The van der Waals surface area contributed by atoms with Crippen molar-refractivity contribution >= 4 is 11.6 Å². The highest BCUT2D eigenvalue weighted by atomic mass is 16.5. The van der Waals surface area contributed by atoms with Crippen LogP contribution in [0.4, 0.5) is 0 Å². The van der Waals surface area contributed by atoms with Crippen LogP contribution in [0.3, 0.4) is 0 Å². The van der Waals surface area contributed by atoms with Gasteiger partial charge in [-0.2, -0.15) is 0 Å². The van der Waals surface area contributed by atoms with Crippen LogP contribution in [0.5, 0.6) is 11.5 Å². The molecule has 1 aliphatic heterocycles. The van der Waals surface area contributed by atoms with Gasteiger partial charge in [-0.15, -0.1) is 0 Å². The summed E-state index contributed by atoms with van der Waals surface area (Å²) in [5, 5.41) is 3.21. The minimum atomic E-state index is 0.934. The highest BCUT2D eigenvalue weighted by Crippen LogP contribution is 2.39. The second-order valence-electron chi connectivity index (χ2n) is 5.01. The average Bonchev–Trinajstić information content (AvgIpc) is 2.64. The molecule has 0 atom stereocenters. The SMILES string of the molecule is CNCCCC1=Cc2ccccc2Oc2ccccc21. The predicted molar refractivity (Wildman–Crippen MR) is 84.0 cm³/mol. The van der Waals surface area contributed by atoms with Gasteiger partial charge in [0.2, 0.25) is 0 Å². The maximum Gasteiger partial charge on any atom is 0.134 e. The molecule has 0 amide bonds. The number of allylic oxidation sites excluding steroid dienone is 1. The van der Waals surface area contributed by atoms with Gasteiger partial charge in [-0.25, -0.2) is 0 Å². The quantitative estimate of drug-likeness (QED) is 0.831. The summed E-state index contributed by atoms with van der Waals surface area (Å²) >= 11 is 0. The Morgan fingerprint density at radius 2 is 1.70 bits per heavy atom. The van der Waals surface area contributed by atoms with E-state index in [4.69, 9.17) is 4.74 Å². The smallest absolute Gasteiger partial charge is 0.134 e. The summed E-state index contributed by atoms with van der Waals surface area (Å²) in [7, 11) is 1.99. The number of rotatable bonds is 4. The summed E-state index contributed by atoms with van der Waals surface area (Å²) in [5.41, 5.74) is 3.71. The molecule has 0 bridgehead atoms. The Morgan fingerprint density at radius 1 is 0.950 bits per heavy atom. The number of ether oxygens (including phenoxy) is 1. The zero-order valence-electron chi connectivity index (χ0n) is 11.7. The molecule has 102 valence electrons. The maximum absolute atomic E-state index is 6.07. The van der Waals surface area contributed by atoms with E-state index in [9.17, 15) is 0 Å². The van der Waals surface area contributed by atoms with E-state index in [1.54, 1.807) is 0 Å². The molecule has 2 aromatic carbocycles. The van der Waals surface area contributed by atoms with Crippen molar-refractivity contribution in [2.24, 2.45) is 0 Å². The highest BCUT2D eigenvalue weighted by Gasteiger charge is 2.15. The van der Waals surface area contributed by atoms with Gasteiger partial charge < -0.3 is 10.1 Å². The van der Waals surface area contributed by atoms with E-state index in [2.05, 4.69) is 35.7 Å². The number of hydrogen-bond donors (Lipinski definition) is 1. The summed E-state index contributed by atoms with van der Waals surface area (Å²) in [5.74, 6) is 1.89. The largest absolute Gasteiger partial charge is 0.456 e. The second-order valence-corrected chi connectivity index (χ2v) is 5.01. The van der Waals surface area contributed by atoms with Crippen LogP contribution in [0.25, 0.3) is 11.6 Å². The molecule has 2 aromatic rings. The van der Waals surface area contributed by atoms with Gasteiger partial charge >= 0.3 is 0 Å². The Hall–Kier alpha value is -2.06. The van der Waals surface area contributed by atoms with Crippen LogP contribution in [-0.4, -0.2) is 13.6 Å². The van der Waals surface area contributed by atoms with Gasteiger partial charge in [0.15, 0.2) is 0 Å². The Labute approximate surface area is 120 Å². The maximum atomic E-state index is 6.07. The third-order valence-electron chi connectivity index (χ3n) is 3.57. The van der Waals surface area contributed by atoms with Crippen molar-refractivity contribution in [1.82, 2.24) is 5.32 Å². The Morgan fingerprint density at radius 3 is 2.55 bits per heavy atom. The molecule has 2 heteroatoms. The number of benzene rings is 2. The van der Waals surface area contributed by atoms with Crippen LogP contribution in [0.1, 0.15) is 24.0 Å².